The second-order valence-corrected chi connectivity index (χ2v) is 8.66. The van der Waals surface area contributed by atoms with Gasteiger partial charge in [-0.15, -0.1) is 0 Å². The number of sulfonamides is 1. The number of halogens is 1. The molecule has 2 aromatic rings. The lowest BCUT2D eigenvalue weighted by molar-refractivity contribution is -0.129. The maximum Gasteiger partial charge on any atom is 0.327 e. The van der Waals surface area contributed by atoms with Crippen LogP contribution in [0, 0.1) is 5.82 Å². The second-order valence-electron chi connectivity index (χ2n) is 6.72. The molecule has 1 atom stereocenters. The number of carbonyl (C=O) groups excluding carboxylic acids is 2. The van der Waals surface area contributed by atoms with Gasteiger partial charge in [-0.1, -0.05) is 30.3 Å². The smallest absolute Gasteiger partial charge is 0.310 e. The molecule has 0 aliphatic carbocycles. The van der Waals surface area contributed by atoms with Gasteiger partial charge in [-0.05, 0) is 29.8 Å². The van der Waals surface area contributed by atoms with Gasteiger partial charge in [-0.25, -0.2) is 17.6 Å². The first-order valence-electron chi connectivity index (χ1n) is 8.79. The molecule has 146 valence electrons. The van der Waals surface area contributed by atoms with E-state index in [1.165, 1.54) is 21.3 Å². The molecule has 0 saturated carbocycles. The highest BCUT2D eigenvalue weighted by atomic mass is 32.2. The summed E-state index contributed by atoms with van der Waals surface area (Å²) in [7, 11) is -3.88. The summed E-state index contributed by atoms with van der Waals surface area (Å²) >= 11 is 0. The van der Waals surface area contributed by atoms with Crippen molar-refractivity contribution in [3.05, 3.63) is 66.0 Å². The van der Waals surface area contributed by atoms with E-state index in [-0.39, 0.29) is 31.1 Å². The van der Waals surface area contributed by atoms with Gasteiger partial charge in [0.05, 0.1) is 11.4 Å². The molecule has 0 unspecified atom stereocenters. The van der Waals surface area contributed by atoms with Crippen molar-refractivity contribution in [2.75, 3.05) is 19.6 Å². The zero-order valence-electron chi connectivity index (χ0n) is 14.9. The quantitative estimate of drug-likeness (QED) is 0.728. The van der Waals surface area contributed by atoms with E-state index >= 15 is 0 Å². The number of imide groups is 1. The summed E-state index contributed by atoms with van der Waals surface area (Å²) in [6.07, 6.45) is 0. The number of amides is 3. The number of hydrogen-bond donors (Lipinski definition) is 0. The summed E-state index contributed by atoms with van der Waals surface area (Å²) in [6.45, 7) is 0.237. The van der Waals surface area contributed by atoms with Gasteiger partial charge >= 0.3 is 6.03 Å². The van der Waals surface area contributed by atoms with Crippen LogP contribution in [0.25, 0.3) is 0 Å². The van der Waals surface area contributed by atoms with Gasteiger partial charge in [0.15, 0.2) is 0 Å². The number of nitrogens with zero attached hydrogens (tertiary/aromatic N) is 3. The number of hydrogen-bond acceptors (Lipinski definition) is 4. The van der Waals surface area contributed by atoms with Crippen molar-refractivity contribution in [3.63, 3.8) is 0 Å². The molecule has 0 N–H and O–H groups in total. The average molecular weight is 403 g/mol. The molecule has 2 saturated heterocycles. The third kappa shape index (κ3) is 3.16. The number of rotatable bonds is 4. The van der Waals surface area contributed by atoms with E-state index in [4.69, 9.17) is 0 Å². The van der Waals surface area contributed by atoms with E-state index in [2.05, 4.69) is 0 Å². The first-order chi connectivity index (χ1) is 13.4. The van der Waals surface area contributed by atoms with E-state index in [1.807, 2.05) is 30.3 Å². The van der Waals surface area contributed by atoms with Gasteiger partial charge in [-0.2, -0.15) is 4.31 Å². The molecule has 28 heavy (non-hydrogen) atoms. The van der Waals surface area contributed by atoms with E-state index in [0.29, 0.717) is 0 Å². The summed E-state index contributed by atoms with van der Waals surface area (Å²) in [5, 5.41) is 0. The highest BCUT2D eigenvalue weighted by molar-refractivity contribution is 7.89. The Kier molecular flexibility index (Phi) is 4.64. The fraction of sp³-hybridized carbons (Fsp3) is 0.263. The topological polar surface area (TPSA) is 78.0 Å². The highest BCUT2D eigenvalue weighted by Crippen LogP contribution is 2.27. The van der Waals surface area contributed by atoms with Crippen molar-refractivity contribution < 1.29 is 22.4 Å². The van der Waals surface area contributed by atoms with Gasteiger partial charge in [0.1, 0.15) is 11.9 Å². The molecule has 0 radical (unpaired) electrons. The van der Waals surface area contributed by atoms with Crippen molar-refractivity contribution in [2.24, 2.45) is 0 Å². The Hall–Kier alpha value is -2.78. The van der Waals surface area contributed by atoms with E-state index in [0.717, 1.165) is 22.6 Å². The predicted octanol–water partition coefficient (Wildman–Crippen LogP) is 1.66. The Morgan fingerprint density at radius 3 is 2.32 bits per heavy atom. The Morgan fingerprint density at radius 2 is 1.64 bits per heavy atom. The minimum Gasteiger partial charge on any atom is -0.310 e. The highest BCUT2D eigenvalue weighted by Gasteiger charge is 2.49. The molecule has 0 aromatic heterocycles. The Morgan fingerprint density at radius 1 is 0.964 bits per heavy atom. The van der Waals surface area contributed by atoms with Crippen molar-refractivity contribution >= 4 is 22.0 Å². The Labute approximate surface area is 162 Å². The van der Waals surface area contributed by atoms with Crippen LogP contribution < -0.4 is 0 Å². The molecule has 7 nitrogen and oxygen atoms in total. The minimum atomic E-state index is -3.88. The number of benzene rings is 2. The molecule has 2 aliphatic heterocycles. The average Bonchev–Trinajstić information content (AvgIpc) is 2.93. The van der Waals surface area contributed by atoms with Crippen LogP contribution in [0.4, 0.5) is 9.18 Å². The maximum atomic E-state index is 13.1. The lowest BCUT2D eigenvalue weighted by atomic mass is 10.2. The van der Waals surface area contributed by atoms with Crippen LogP contribution in [-0.2, 0) is 21.4 Å². The Bertz CT molecular complexity index is 1010. The lowest BCUT2D eigenvalue weighted by Crippen LogP contribution is -2.54. The van der Waals surface area contributed by atoms with Crippen LogP contribution in [-0.4, -0.2) is 60.1 Å². The molecule has 9 heteroatoms. The zero-order valence-corrected chi connectivity index (χ0v) is 15.7. The minimum absolute atomic E-state index is 0.0414. The van der Waals surface area contributed by atoms with Gasteiger partial charge < -0.3 is 4.90 Å². The lowest BCUT2D eigenvalue weighted by Gasteiger charge is -2.34. The molecule has 4 rings (SSSR count). The van der Waals surface area contributed by atoms with E-state index in [9.17, 15) is 22.4 Å². The molecular weight excluding hydrogens is 385 g/mol. The fourth-order valence-corrected chi connectivity index (χ4v) is 4.95. The SMILES string of the molecule is O=C1[C@H]2CN(S(=O)(=O)c3ccc(F)cc3)CCN2C(=O)N1Cc1ccccc1. The van der Waals surface area contributed by atoms with Gasteiger partial charge in [0.25, 0.3) is 5.91 Å². The van der Waals surface area contributed by atoms with Crippen molar-refractivity contribution in [3.8, 4) is 0 Å². The first-order valence-corrected chi connectivity index (χ1v) is 10.2. The first kappa shape index (κ1) is 18.6. The second kappa shape index (κ2) is 6.99. The normalized spacial score (nSPS) is 20.5. The van der Waals surface area contributed by atoms with Crippen molar-refractivity contribution in [1.82, 2.24) is 14.1 Å². The third-order valence-corrected chi connectivity index (χ3v) is 6.89. The largest absolute Gasteiger partial charge is 0.327 e. The zero-order chi connectivity index (χ0) is 19.9. The molecule has 2 aromatic carbocycles. The van der Waals surface area contributed by atoms with Crippen LogP contribution in [0.1, 0.15) is 5.56 Å². The molecular formula is C19H18FN3O4S. The number of piperazine rings is 1. The number of urea groups is 1. The van der Waals surface area contributed by atoms with E-state index < -0.39 is 33.8 Å². The third-order valence-electron chi connectivity index (χ3n) is 5.01. The summed E-state index contributed by atoms with van der Waals surface area (Å²) in [5.41, 5.74) is 0.819. The maximum absolute atomic E-state index is 13.1. The molecule has 2 aliphatic rings. The Balaban J connectivity index is 1.54. The monoisotopic (exact) mass is 403 g/mol. The van der Waals surface area contributed by atoms with Crippen LogP contribution >= 0.6 is 0 Å². The van der Waals surface area contributed by atoms with Gasteiger partial charge in [0, 0.05) is 19.6 Å². The van der Waals surface area contributed by atoms with E-state index in [1.54, 1.807) is 0 Å². The molecule has 2 heterocycles. The number of carbonyl (C=O) groups is 2. The standard InChI is InChI=1S/C19H18FN3O4S/c20-15-6-8-16(9-7-15)28(26,27)21-10-11-22-17(13-21)18(24)23(19(22)25)12-14-4-2-1-3-5-14/h1-9,17H,10-13H2/t17-/m1/s1. The molecule has 2 fully saturated rings. The fourth-order valence-electron chi connectivity index (χ4n) is 3.51. The van der Waals surface area contributed by atoms with Crippen molar-refractivity contribution in [1.29, 1.82) is 0 Å². The number of fused-ring (bicyclic) bond motifs is 1. The summed E-state index contributed by atoms with van der Waals surface area (Å²) in [4.78, 5) is 28.0. The van der Waals surface area contributed by atoms with Gasteiger partial charge in [-0.3, -0.25) is 9.69 Å². The predicted molar refractivity (Wildman–Crippen MR) is 98.0 cm³/mol. The van der Waals surface area contributed by atoms with Crippen LogP contribution in [0.15, 0.2) is 59.5 Å². The van der Waals surface area contributed by atoms with Gasteiger partial charge in [0.2, 0.25) is 10.0 Å². The van der Waals surface area contributed by atoms with Crippen LogP contribution in [0.2, 0.25) is 0 Å². The molecule has 0 spiro atoms. The van der Waals surface area contributed by atoms with Crippen molar-refractivity contribution in [2.45, 2.75) is 17.5 Å². The summed E-state index contributed by atoms with van der Waals surface area (Å²) in [5.74, 6) is -0.940. The van der Waals surface area contributed by atoms with Crippen LogP contribution in [0.5, 0.6) is 0 Å². The molecule has 0 bridgehead atoms. The summed E-state index contributed by atoms with van der Waals surface area (Å²) in [6, 6.07) is 12.4. The summed E-state index contributed by atoms with van der Waals surface area (Å²) < 4.78 is 39.9. The molecule has 3 amide bonds. The van der Waals surface area contributed by atoms with Crippen LogP contribution in [0.3, 0.4) is 0 Å².